The number of nitrogens with one attached hydrogen (secondary N) is 2. The lowest BCUT2D eigenvalue weighted by Crippen LogP contribution is -2.53. The zero-order valence-corrected chi connectivity index (χ0v) is 12.1. The highest BCUT2D eigenvalue weighted by molar-refractivity contribution is 5.74. The van der Waals surface area contributed by atoms with Crippen molar-refractivity contribution in [2.45, 2.75) is 32.2 Å². The van der Waals surface area contributed by atoms with Crippen LogP contribution in [-0.2, 0) is 4.74 Å². The molecule has 0 radical (unpaired) electrons. The van der Waals surface area contributed by atoms with E-state index in [2.05, 4.69) is 15.5 Å². The Balaban J connectivity index is 2.19. The van der Waals surface area contributed by atoms with E-state index >= 15 is 0 Å². The first-order chi connectivity index (χ1) is 9.09. The minimum atomic E-state index is -0.530. The van der Waals surface area contributed by atoms with Crippen LogP contribution in [0.15, 0.2) is 0 Å². The van der Waals surface area contributed by atoms with Gasteiger partial charge in [0, 0.05) is 26.2 Å². The van der Waals surface area contributed by atoms with E-state index in [0.717, 1.165) is 45.7 Å². The number of hydrogen-bond donors (Lipinski definition) is 3. The van der Waals surface area contributed by atoms with Crippen LogP contribution in [0.5, 0.6) is 0 Å². The summed E-state index contributed by atoms with van der Waals surface area (Å²) in [7, 11) is 0. The molecule has 19 heavy (non-hydrogen) atoms. The van der Waals surface area contributed by atoms with Crippen molar-refractivity contribution in [2.75, 3.05) is 46.0 Å². The van der Waals surface area contributed by atoms with Gasteiger partial charge in [-0.3, -0.25) is 4.90 Å². The minimum absolute atomic E-state index is 0.0439. The van der Waals surface area contributed by atoms with Crippen molar-refractivity contribution in [1.29, 1.82) is 0 Å². The van der Waals surface area contributed by atoms with Gasteiger partial charge in [0.2, 0.25) is 0 Å². The average molecular weight is 273 g/mol. The average Bonchev–Trinajstić information content (AvgIpc) is 2.40. The van der Waals surface area contributed by atoms with Crippen LogP contribution in [0.1, 0.15) is 26.7 Å². The number of morpholine rings is 1. The number of ether oxygens (including phenoxy) is 1. The van der Waals surface area contributed by atoms with E-state index in [1.54, 1.807) is 0 Å². The van der Waals surface area contributed by atoms with Crippen LogP contribution in [0.4, 0.5) is 4.79 Å². The van der Waals surface area contributed by atoms with E-state index in [-0.39, 0.29) is 12.6 Å². The van der Waals surface area contributed by atoms with Gasteiger partial charge in [0.15, 0.2) is 0 Å². The van der Waals surface area contributed by atoms with Gasteiger partial charge >= 0.3 is 6.03 Å². The third-order valence-corrected chi connectivity index (χ3v) is 3.38. The van der Waals surface area contributed by atoms with Crippen molar-refractivity contribution in [1.82, 2.24) is 15.5 Å². The van der Waals surface area contributed by atoms with Crippen molar-refractivity contribution < 1.29 is 14.6 Å². The lowest BCUT2D eigenvalue weighted by Gasteiger charge is -2.29. The van der Waals surface area contributed by atoms with Gasteiger partial charge in [0.05, 0.1) is 25.4 Å². The van der Waals surface area contributed by atoms with Crippen LogP contribution < -0.4 is 10.6 Å². The molecule has 0 saturated carbocycles. The minimum Gasteiger partial charge on any atom is -0.394 e. The second kappa shape index (κ2) is 8.35. The van der Waals surface area contributed by atoms with Gasteiger partial charge in [-0.1, -0.05) is 13.3 Å². The number of amides is 2. The summed E-state index contributed by atoms with van der Waals surface area (Å²) in [4.78, 5) is 14.0. The smallest absolute Gasteiger partial charge is 0.315 e. The molecule has 1 saturated heterocycles. The fraction of sp³-hybridized carbons (Fsp3) is 0.923. The molecule has 1 aliphatic rings. The summed E-state index contributed by atoms with van der Waals surface area (Å²) < 4.78 is 5.27. The summed E-state index contributed by atoms with van der Waals surface area (Å²) in [5.41, 5.74) is -0.530. The largest absolute Gasteiger partial charge is 0.394 e. The summed E-state index contributed by atoms with van der Waals surface area (Å²) in [5.74, 6) is 0. The monoisotopic (exact) mass is 273 g/mol. The van der Waals surface area contributed by atoms with Crippen LogP contribution in [-0.4, -0.2) is 67.6 Å². The van der Waals surface area contributed by atoms with E-state index in [0.29, 0.717) is 6.54 Å². The molecule has 0 unspecified atom stereocenters. The first-order valence-corrected chi connectivity index (χ1v) is 7.06. The molecular weight excluding hydrogens is 246 g/mol. The molecule has 6 heteroatoms. The van der Waals surface area contributed by atoms with Crippen LogP contribution >= 0.6 is 0 Å². The lowest BCUT2D eigenvalue weighted by atomic mass is 9.98. The Morgan fingerprint density at radius 1 is 1.42 bits per heavy atom. The predicted octanol–water partition coefficient (Wildman–Crippen LogP) is 0.169. The van der Waals surface area contributed by atoms with Crippen molar-refractivity contribution in [3.63, 3.8) is 0 Å². The van der Waals surface area contributed by atoms with Crippen LogP contribution in [0.2, 0.25) is 0 Å². The highest BCUT2D eigenvalue weighted by Gasteiger charge is 2.24. The fourth-order valence-electron chi connectivity index (χ4n) is 2.20. The Labute approximate surface area is 115 Å². The van der Waals surface area contributed by atoms with E-state index in [4.69, 9.17) is 4.74 Å². The number of hydrogen-bond acceptors (Lipinski definition) is 4. The number of aliphatic hydroxyl groups is 1. The van der Waals surface area contributed by atoms with Gasteiger partial charge in [-0.05, 0) is 13.3 Å². The third kappa shape index (κ3) is 6.22. The zero-order valence-electron chi connectivity index (χ0n) is 12.1. The van der Waals surface area contributed by atoms with Gasteiger partial charge in [0.25, 0.3) is 0 Å². The number of carbonyl (C=O) groups is 1. The van der Waals surface area contributed by atoms with Gasteiger partial charge in [-0.15, -0.1) is 0 Å². The Kier molecular flexibility index (Phi) is 7.12. The lowest BCUT2D eigenvalue weighted by molar-refractivity contribution is 0.0387. The molecule has 112 valence electrons. The molecule has 0 spiro atoms. The topological polar surface area (TPSA) is 73.8 Å². The Morgan fingerprint density at radius 3 is 2.68 bits per heavy atom. The van der Waals surface area contributed by atoms with E-state index < -0.39 is 5.54 Å². The molecule has 0 bridgehead atoms. The normalized spacial score (nSPS) is 19.7. The molecule has 1 atom stereocenters. The quantitative estimate of drug-likeness (QED) is 0.618. The van der Waals surface area contributed by atoms with E-state index in [1.165, 1.54) is 0 Å². The highest BCUT2D eigenvalue weighted by Crippen LogP contribution is 2.10. The first kappa shape index (κ1) is 16.2. The number of nitrogens with zero attached hydrogens (tertiary/aromatic N) is 1. The zero-order chi connectivity index (χ0) is 14.1. The summed E-state index contributed by atoms with van der Waals surface area (Å²) in [6.45, 7) is 8.68. The van der Waals surface area contributed by atoms with Crippen molar-refractivity contribution in [3.8, 4) is 0 Å². The van der Waals surface area contributed by atoms with Gasteiger partial charge in [-0.25, -0.2) is 4.79 Å². The molecule has 0 aromatic rings. The summed E-state index contributed by atoms with van der Waals surface area (Å²) >= 11 is 0. The maximum Gasteiger partial charge on any atom is 0.315 e. The fourth-order valence-corrected chi connectivity index (χ4v) is 2.20. The van der Waals surface area contributed by atoms with E-state index in [1.807, 2.05) is 13.8 Å². The SMILES string of the molecule is CCC[C@](C)(CO)NC(=O)NCCN1CCOCC1. The molecule has 1 aliphatic heterocycles. The number of rotatable bonds is 7. The van der Waals surface area contributed by atoms with Gasteiger partial charge in [-0.2, -0.15) is 0 Å². The van der Waals surface area contributed by atoms with E-state index in [9.17, 15) is 9.90 Å². The summed E-state index contributed by atoms with van der Waals surface area (Å²) in [6, 6.07) is -0.210. The molecule has 1 fully saturated rings. The second-order valence-electron chi connectivity index (χ2n) is 5.30. The second-order valence-corrected chi connectivity index (χ2v) is 5.30. The third-order valence-electron chi connectivity index (χ3n) is 3.38. The van der Waals surface area contributed by atoms with Crippen molar-refractivity contribution in [3.05, 3.63) is 0 Å². The maximum atomic E-state index is 11.8. The Hall–Kier alpha value is -0.850. The molecular formula is C13H27N3O3. The molecule has 3 N–H and O–H groups in total. The first-order valence-electron chi connectivity index (χ1n) is 7.06. The predicted molar refractivity (Wildman–Crippen MR) is 74.2 cm³/mol. The molecule has 0 aromatic carbocycles. The summed E-state index contributed by atoms with van der Waals surface area (Å²) in [6.07, 6.45) is 1.69. The number of aliphatic hydroxyl groups excluding tert-OH is 1. The van der Waals surface area contributed by atoms with Crippen LogP contribution in [0, 0.1) is 0 Å². The number of urea groups is 1. The molecule has 2 amide bonds. The Morgan fingerprint density at radius 2 is 2.11 bits per heavy atom. The van der Waals surface area contributed by atoms with Gasteiger partial charge in [0.1, 0.15) is 0 Å². The van der Waals surface area contributed by atoms with Crippen LogP contribution in [0.3, 0.4) is 0 Å². The van der Waals surface area contributed by atoms with Crippen molar-refractivity contribution in [2.24, 2.45) is 0 Å². The van der Waals surface area contributed by atoms with Crippen LogP contribution in [0.25, 0.3) is 0 Å². The standard InChI is InChI=1S/C13H27N3O3/c1-3-4-13(2,11-17)15-12(18)14-5-6-16-7-9-19-10-8-16/h17H,3-11H2,1-2H3,(H2,14,15,18)/t13-/m1/s1. The van der Waals surface area contributed by atoms with Gasteiger partial charge < -0.3 is 20.5 Å². The Bertz CT molecular complexity index is 270. The maximum absolute atomic E-state index is 11.8. The van der Waals surface area contributed by atoms with Crippen molar-refractivity contribution >= 4 is 6.03 Å². The summed E-state index contributed by atoms with van der Waals surface area (Å²) in [5, 5.41) is 15.0. The molecule has 1 heterocycles. The number of carbonyl (C=O) groups excluding carboxylic acids is 1. The molecule has 0 aromatic heterocycles. The molecule has 1 rings (SSSR count). The molecule has 6 nitrogen and oxygen atoms in total. The highest BCUT2D eigenvalue weighted by atomic mass is 16.5. The molecule has 0 aliphatic carbocycles.